The number of aliphatic hydroxyl groups excluding tert-OH is 1. The molecular weight excluding hydrogens is 268 g/mol. The summed E-state index contributed by atoms with van der Waals surface area (Å²) < 4.78 is 5.40. The lowest BCUT2D eigenvalue weighted by atomic mass is 10.2. The van der Waals surface area contributed by atoms with E-state index >= 15 is 0 Å². The van der Waals surface area contributed by atoms with Gasteiger partial charge in [0.05, 0.1) is 25.9 Å². The summed E-state index contributed by atoms with van der Waals surface area (Å²) in [5.74, 6) is 0.125. The Morgan fingerprint density at radius 1 is 1.43 bits per heavy atom. The molecule has 5 nitrogen and oxygen atoms in total. The van der Waals surface area contributed by atoms with Gasteiger partial charge in [0.1, 0.15) is 0 Å². The number of rotatable bonds is 6. The topological polar surface area (TPSA) is 53.0 Å². The predicted molar refractivity (Wildman–Crippen MR) is 80.8 cm³/mol. The monoisotopic (exact) mass is 292 g/mol. The van der Waals surface area contributed by atoms with E-state index in [4.69, 9.17) is 9.84 Å². The van der Waals surface area contributed by atoms with Crippen molar-refractivity contribution in [3.63, 3.8) is 0 Å². The molecule has 1 saturated heterocycles. The Morgan fingerprint density at radius 3 is 2.86 bits per heavy atom. The molecule has 1 aromatic carbocycles. The Kier molecular flexibility index (Phi) is 6.17. The lowest BCUT2D eigenvalue weighted by molar-refractivity contribution is -0.135. The molecule has 1 atom stereocenters. The lowest BCUT2D eigenvalue weighted by Gasteiger charge is -2.33. The summed E-state index contributed by atoms with van der Waals surface area (Å²) in [5.41, 5.74) is 1.14. The number of hydrogen-bond acceptors (Lipinski definition) is 4. The van der Waals surface area contributed by atoms with Gasteiger partial charge in [0, 0.05) is 26.2 Å². The molecule has 0 aliphatic carbocycles. The van der Waals surface area contributed by atoms with Crippen molar-refractivity contribution in [3.8, 4) is 0 Å². The Hall–Kier alpha value is -1.43. The Bertz CT molecular complexity index is 438. The van der Waals surface area contributed by atoms with Crippen molar-refractivity contribution in [2.45, 2.75) is 19.6 Å². The van der Waals surface area contributed by atoms with Gasteiger partial charge < -0.3 is 14.7 Å². The normalized spacial score (nSPS) is 19.4. The molecule has 0 bridgehead atoms. The van der Waals surface area contributed by atoms with Crippen LogP contribution in [-0.2, 0) is 16.1 Å². The van der Waals surface area contributed by atoms with Crippen molar-refractivity contribution >= 4 is 5.91 Å². The first-order valence-electron chi connectivity index (χ1n) is 7.49. The number of aliphatic hydroxyl groups is 1. The summed E-state index contributed by atoms with van der Waals surface area (Å²) in [6.45, 7) is 5.66. The van der Waals surface area contributed by atoms with Crippen molar-refractivity contribution in [2.24, 2.45) is 0 Å². The van der Waals surface area contributed by atoms with E-state index in [0.717, 1.165) is 12.1 Å². The summed E-state index contributed by atoms with van der Waals surface area (Å²) in [6, 6.07) is 10.0. The number of likely N-dealkylation sites (N-methyl/N-ethyl adjacent to an activating group) is 1. The minimum absolute atomic E-state index is 0.00615. The number of hydrogen-bond donors (Lipinski definition) is 1. The van der Waals surface area contributed by atoms with Crippen LogP contribution >= 0.6 is 0 Å². The first kappa shape index (κ1) is 15.9. The zero-order chi connectivity index (χ0) is 15.1. The molecule has 1 heterocycles. The smallest absolute Gasteiger partial charge is 0.237 e. The van der Waals surface area contributed by atoms with Crippen molar-refractivity contribution in [2.75, 3.05) is 39.4 Å². The quantitative estimate of drug-likeness (QED) is 0.840. The van der Waals surface area contributed by atoms with Gasteiger partial charge in [-0.05, 0) is 12.5 Å². The molecule has 1 amide bonds. The van der Waals surface area contributed by atoms with Crippen LogP contribution in [0.3, 0.4) is 0 Å². The predicted octanol–water partition coefficient (Wildman–Crippen LogP) is 0.728. The van der Waals surface area contributed by atoms with Gasteiger partial charge in [0.2, 0.25) is 5.91 Å². The van der Waals surface area contributed by atoms with Crippen molar-refractivity contribution in [1.29, 1.82) is 0 Å². The highest BCUT2D eigenvalue weighted by molar-refractivity contribution is 5.78. The second kappa shape index (κ2) is 8.12. The number of nitrogens with zero attached hydrogens (tertiary/aromatic N) is 2. The molecule has 1 N–H and O–H groups in total. The molecule has 1 aromatic rings. The van der Waals surface area contributed by atoms with Gasteiger partial charge >= 0.3 is 0 Å². The molecule has 1 unspecified atom stereocenters. The minimum Gasteiger partial charge on any atom is -0.394 e. The van der Waals surface area contributed by atoms with Crippen molar-refractivity contribution in [3.05, 3.63) is 35.9 Å². The lowest BCUT2D eigenvalue weighted by Crippen LogP contribution is -2.48. The van der Waals surface area contributed by atoms with E-state index in [-0.39, 0.29) is 18.6 Å². The van der Waals surface area contributed by atoms with Gasteiger partial charge in [-0.1, -0.05) is 30.3 Å². The maximum absolute atomic E-state index is 12.4. The maximum atomic E-state index is 12.4. The molecular formula is C16H24N2O3. The third kappa shape index (κ3) is 4.81. The van der Waals surface area contributed by atoms with E-state index in [1.807, 2.05) is 42.2 Å². The van der Waals surface area contributed by atoms with E-state index in [9.17, 15) is 4.79 Å². The number of morpholine rings is 1. The first-order chi connectivity index (χ1) is 10.2. The largest absolute Gasteiger partial charge is 0.394 e. The van der Waals surface area contributed by atoms with Crippen LogP contribution in [0.25, 0.3) is 0 Å². The minimum atomic E-state index is -0.171. The van der Waals surface area contributed by atoms with Gasteiger partial charge in [-0.25, -0.2) is 0 Å². The van der Waals surface area contributed by atoms with Crippen LogP contribution in [0.5, 0.6) is 0 Å². The van der Waals surface area contributed by atoms with E-state index < -0.39 is 0 Å². The van der Waals surface area contributed by atoms with Gasteiger partial charge in [-0.3, -0.25) is 9.69 Å². The van der Waals surface area contributed by atoms with Crippen LogP contribution in [0.1, 0.15) is 12.5 Å². The summed E-state index contributed by atoms with van der Waals surface area (Å²) >= 11 is 0. The second-order valence-electron chi connectivity index (χ2n) is 5.30. The molecule has 2 rings (SSSR count). The van der Waals surface area contributed by atoms with E-state index in [0.29, 0.717) is 32.8 Å². The average molecular weight is 292 g/mol. The van der Waals surface area contributed by atoms with Gasteiger partial charge in [0.15, 0.2) is 0 Å². The molecule has 1 fully saturated rings. The SMILES string of the molecule is CCN(Cc1ccccc1)C(=O)CN1CCOC(CO)C1. The van der Waals surface area contributed by atoms with Crippen LogP contribution in [0.2, 0.25) is 0 Å². The van der Waals surface area contributed by atoms with Gasteiger partial charge in [-0.15, -0.1) is 0 Å². The van der Waals surface area contributed by atoms with E-state index in [1.54, 1.807) is 0 Å². The molecule has 1 aliphatic rings. The van der Waals surface area contributed by atoms with Crippen LogP contribution in [0, 0.1) is 0 Å². The highest BCUT2D eigenvalue weighted by atomic mass is 16.5. The van der Waals surface area contributed by atoms with Crippen LogP contribution in [0.4, 0.5) is 0 Å². The molecule has 5 heteroatoms. The van der Waals surface area contributed by atoms with Gasteiger partial charge in [0.25, 0.3) is 0 Å². The highest BCUT2D eigenvalue weighted by Crippen LogP contribution is 2.08. The molecule has 0 spiro atoms. The van der Waals surface area contributed by atoms with Crippen LogP contribution in [0.15, 0.2) is 30.3 Å². The van der Waals surface area contributed by atoms with Crippen molar-refractivity contribution in [1.82, 2.24) is 9.80 Å². The first-order valence-corrected chi connectivity index (χ1v) is 7.49. The number of ether oxygens (including phenoxy) is 1. The molecule has 0 aromatic heterocycles. The third-order valence-electron chi connectivity index (χ3n) is 3.74. The molecule has 21 heavy (non-hydrogen) atoms. The number of carbonyl (C=O) groups is 1. The van der Waals surface area contributed by atoms with Gasteiger partial charge in [-0.2, -0.15) is 0 Å². The van der Waals surface area contributed by atoms with Crippen LogP contribution in [-0.4, -0.2) is 66.3 Å². The fourth-order valence-electron chi connectivity index (χ4n) is 2.51. The zero-order valence-corrected chi connectivity index (χ0v) is 12.6. The molecule has 116 valence electrons. The fraction of sp³-hybridized carbons (Fsp3) is 0.562. The summed E-state index contributed by atoms with van der Waals surface area (Å²) in [7, 11) is 0. The summed E-state index contributed by atoms with van der Waals surface area (Å²) in [5, 5.41) is 9.15. The number of carbonyl (C=O) groups excluding carboxylic acids is 1. The number of amides is 1. The highest BCUT2D eigenvalue weighted by Gasteiger charge is 2.23. The third-order valence-corrected chi connectivity index (χ3v) is 3.74. The Labute approximate surface area is 126 Å². The standard InChI is InChI=1S/C16H24N2O3/c1-2-18(10-14-6-4-3-5-7-14)16(20)12-17-8-9-21-15(11-17)13-19/h3-7,15,19H,2,8-13H2,1H3. The fourth-order valence-corrected chi connectivity index (χ4v) is 2.51. The van der Waals surface area contributed by atoms with E-state index in [2.05, 4.69) is 4.90 Å². The van der Waals surface area contributed by atoms with Crippen molar-refractivity contribution < 1.29 is 14.6 Å². The van der Waals surface area contributed by atoms with Crippen LogP contribution < -0.4 is 0 Å². The Balaban J connectivity index is 1.88. The number of benzene rings is 1. The molecule has 0 radical (unpaired) electrons. The second-order valence-corrected chi connectivity index (χ2v) is 5.30. The Morgan fingerprint density at radius 2 is 2.19 bits per heavy atom. The maximum Gasteiger partial charge on any atom is 0.237 e. The molecule has 0 saturated carbocycles. The summed E-state index contributed by atoms with van der Waals surface area (Å²) in [6.07, 6.45) is -0.171. The molecule has 1 aliphatic heterocycles. The van der Waals surface area contributed by atoms with E-state index in [1.165, 1.54) is 0 Å². The average Bonchev–Trinajstić information content (AvgIpc) is 2.53. The summed E-state index contributed by atoms with van der Waals surface area (Å²) in [4.78, 5) is 16.3. The zero-order valence-electron chi connectivity index (χ0n) is 12.6.